The third-order valence-electron chi connectivity index (χ3n) is 4.02. The van der Waals surface area contributed by atoms with Crippen molar-refractivity contribution in [3.05, 3.63) is 33.9 Å². The second-order valence-corrected chi connectivity index (χ2v) is 5.26. The number of hydrogen-bond acceptors (Lipinski definition) is 5. The van der Waals surface area contributed by atoms with E-state index in [2.05, 4.69) is 0 Å². The molecule has 1 aromatic carbocycles. The van der Waals surface area contributed by atoms with Crippen molar-refractivity contribution in [1.82, 2.24) is 0 Å². The topological polar surface area (TPSA) is 86.8 Å². The first kappa shape index (κ1) is 14.7. The monoisotopic (exact) mass is 280 g/mol. The maximum Gasteiger partial charge on any atom is 0.269 e. The molecule has 1 aliphatic carbocycles. The van der Waals surface area contributed by atoms with Gasteiger partial charge in [-0.2, -0.15) is 0 Å². The summed E-state index contributed by atoms with van der Waals surface area (Å²) in [5.41, 5.74) is 1.22. The summed E-state index contributed by atoms with van der Waals surface area (Å²) in [6.45, 7) is -0.260. The molecule has 1 aromatic rings. The van der Waals surface area contributed by atoms with Gasteiger partial charge in [0.05, 0.1) is 23.7 Å². The molecule has 1 fully saturated rings. The number of benzene rings is 1. The van der Waals surface area contributed by atoms with E-state index in [0.717, 1.165) is 31.4 Å². The first-order valence-electron chi connectivity index (χ1n) is 6.83. The molecule has 0 radical (unpaired) electrons. The zero-order valence-electron chi connectivity index (χ0n) is 11.5. The van der Waals surface area contributed by atoms with Gasteiger partial charge in [-0.1, -0.05) is 12.8 Å². The van der Waals surface area contributed by atoms with Crippen LogP contribution in [0.5, 0.6) is 0 Å². The second-order valence-electron chi connectivity index (χ2n) is 5.26. The standard InChI is InChI=1S/C14H20N2O4/c1-15(13-4-2-3-5-14(13)18)12-7-6-11(16(19)20)8-10(12)9-17/h6-8,13-14,17-18H,2-5,9H2,1H3. The average molecular weight is 280 g/mol. The fourth-order valence-electron chi connectivity index (χ4n) is 2.88. The number of nitro groups is 1. The second kappa shape index (κ2) is 6.19. The van der Waals surface area contributed by atoms with Gasteiger partial charge in [-0.05, 0) is 18.9 Å². The van der Waals surface area contributed by atoms with Crippen LogP contribution >= 0.6 is 0 Å². The van der Waals surface area contributed by atoms with Gasteiger partial charge >= 0.3 is 0 Å². The van der Waals surface area contributed by atoms with Crippen molar-refractivity contribution in [2.45, 2.75) is 44.4 Å². The molecule has 0 aliphatic heterocycles. The summed E-state index contributed by atoms with van der Waals surface area (Å²) in [4.78, 5) is 12.2. The highest BCUT2D eigenvalue weighted by Crippen LogP contribution is 2.30. The van der Waals surface area contributed by atoms with Crippen molar-refractivity contribution >= 4 is 11.4 Å². The molecule has 0 bridgehead atoms. The Bertz CT molecular complexity index is 492. The first-order valence-corrected chi connectivity index (χ1v) is 6.83. The van der Waals surface area contributed by atoms with Gasteiger partial charge in [0.15, 0.2) is 0 Å². The highest BCUT2D eigenvalue weighted by Gasteiger charge is 2.28. The fraction of sp³-hybridized carbons (Fsp3) is 0.571. The van der Waals surface area contributed by atoms with E-state index in [0.29, 0.717) is 5.56 Å². The average Bonchev–Trinajstić information content (AvgIpc) is 2.46. The summed E-state index contributed by atoms with van der Waals surface area (Å²) in [6.07, 6.45) is 3.36. The zero-order chi connectivity index (χ0) is 14.7. The van der Waals surface area contributed by atoms with Crippen LogP contribution in [0.25, 0.3) is 0 Å². The van der Waals surface area contributed by atoms with E-state index in [1.165, 1.54) is 12.1 Å². The summed E-state index contributed by atoms with van der Waals surface area (Å²) in [7, 11) is 1.86. The Morgan fingerprint density at radius 1 is 1.40 bits per heavy atom. The van der Waals surface area contributed by atoms with Gasteiger partial charge in [0, 0.05) is 30.4 Å². The van der Waals surface area contributed by atoms with Gasteiger partial charge in [-0.3, -0.25) is 10.1 Å². The van der Waals surface area contributed by atoms with Gasteiger partial charge in [-0.25, -0.2) is 0 Å². The molecule has 6 nitrogen and oxygen atoms in total. The van der Waals surface area contributed by atoms with Crippen LogP contribution in [0, 0.1) is 10.1 Å². The van der Waals surface area contributed by atoms with Crippen molar-refractivity contribution in [1.29, 1.82) is 0 Å². The molecule has 6 heteroatoms. The number of aliphatic hydroxyl groups is 2. The van der Waals surface area contributed by atoms with Gasteiger partial charge < -0.3 is 15.1 Å². The Labute approximate surface area is 117 Å². The first-order chi connectivity index (χ1) is 9.54. The minimum Gasteiger partial charge on any atom is -0.392 e. The Balaban J connectivity index is 2.28. The van der Waals surface area contributed by atoms with E-state index in [9.17, 15) is 20.3 Å². The van der Waals surface area contributed by atoms with Crippen LogP contribution in [0.1, 0.15) is 31.2 Å². The minimum atomic E-state index is -0.474. The van der Waals surface area contributed by atoms with Crippen LogP contribution in [0.4, 0.5) is 11.4 Å². The Morgan fingerprint density at radius 3 is 2.70 bits per heavy atom. The van der Waals surface area contributed by atoms with E-state index >= 15 is 0 Å². The molecule has 20 heavy (non-hydrogen) atoms. The molecule has 2 rings (SSSR count). The van der Waals surface area contributed by atoms with Crippen molar-refractivity contribution in [3.8, 4) is 0 Å². The largest absolute Gasteiger partial charge is 0.392 e. The lowest BCUT2D eigenvalue weighted by Gasteiger charge is -2.37. The van der Waals surface area contributed by atoms with Crippen molar-refractivity contribution in [2.24, 2.45) is 0 Å². The van der Waals surface area contributed by atoms with E-state index in [4.69, 9.17) is 0 Å². The van der Waals surface area contributed by atoms with Gasteiger partial charge in [0.2, 0.25) is 0 Å². The predicted molar refractivity (Wildman–Crippen MR) is 75.7 cm³/mol. The van der Waals surface area contributed by atoms with Crippen molar-refractivity contribution < 1.29 is 15.1 Å². The number of hydrogen-bond donors (Lipinski definition) is 2. The predicted octanol–water partition coefficient (Wildman–Crippen LogP) is 1.83. The third kappa shape index (κ3) is 2.91. The molecule has 2 atom stereocenters. The van der Waals surface area contributed by atoms with Crippen LogP contribution in [0.3, 0.4) is 0 Å². The molecule has 0 heterocycles. The summed E-state index contributed by atoms with van der Waals surface area (Å²) < 4.78 is 0. The highest BCUT2D eigenvalue weighted by molar-refractivity contribution is 5.58. The number of nitro benzene ring substituents is 1. The van der Waals surface area contributed by atoms with Gasteiger partial charge in [0.25, 0.3) is 5.69 Å². The lowest BCUT2D eigenvalue weighted by atomic mass is 9.91. The van der Waals surface area contributed by atoms with Crippen LogP contribution in [-0.2, 0) is 6.61 Å². The molecular weight excluding hydrogens is 260 g/mol. The molecule has 2 unspecified atom stereocenters. The summed E-state index contributed by atoms with van der Waals surface area (Å²) in [5, 5.41) is 30.3. The molecular formula is C14H20N2O4. The van der Waals surface area contributed by atoms with Crippen LogP contribution in [0.2, 0.25) is 0 Å². The van der Waals surface area contributed by atoms with E-state index in [1.807, 2.05) is 11.9 Å². The molecule has 0 amide bonds. The molecule has 110 valence electrons. The number of nitrogens with zero attached hydrogens (tertiary/aromatic N) is 2. The molecule has 1 aliphatic rings. The maximum atomic E-state index is 10.8. The fourth-order valence-corrected chi connectivity index (χ4v) is 2.88. The van der Waals surface area contributed by atoms with Crippen molar-refractivity contribution in [3.63, 3.8) is 0 Å². The highest BCUT2D eigenvalue weighted by atomic mass is 16.6. The van der Waals surface area contributed by atoms with Gasteiger partial charge in [-0.15, -0.1) is 0 Å². The van der Waals surface area contributed by atoms with E-state index < -0.39 is 11.0 Å². The summed E-state index contributed by atoms with van der Waals surface area (Å²) in [5.74, 6) is 0. The lowest BCUT2D eigenvalue weighted by Crippen LogP contribution is -2.43. The van der Waals surface area contributed by atoms with Gasteiger partial charge in [0.1, 0.15) is 0 Å². The number of anilines is 1. The molecule has 0 aromatic heterocycles. The zero-order valence-corrected chi connectivity index (χ0v) is 11.5. The Hall–Kier alpha value is -1.66. The number of likely N-dealkylation sites (N-methyl/N-ethyl adjacent to an activating group) is 1. The third-order valence-corrected chi connectivity index (χ3v) is 4.02. The molecule has 1 saturated carbocycles. The van der Waals surface area contributed by atoms with E-state index in [-0.39, 0.29) is 18.3 Å². The number of aliphatic hydroxyl groups excluding tert-OH is 2. The smallest absolute Gasteiger partial charge is 0.269 e. The summed E-state index contributed by atoms with van der Waals surface area (Å²) in [6, 6.07) is 4.46. The molecule has 0 saturated heterocycles. The lowest BCUT2D eigenvalue weighted by molar-refractivity contribution is -0.384. The Morgan fingerprint density at radius 2 is 2.10 bits per heavy atom. The number of non-ortho nitro benzene ring substituents is 1. The SMILES string of the molecule is CN(c1ccc([N+](=O)[O-])cc1CO)C1CCCCC1O. The van der Waals surface area contributed by atoms with Crippen LogP contribution < -0.4 is 4.90 Å². The van der Waals surface area contributed by atoms with Crippen LogP contribution in [-0.4, -0.2) is 34.3 Å². The molecule has 0 spiro atoms. The van der Waals surface area contributed by atoms with Crippen LogP contribution in [0.15, 0.2) is 18.2 Å². The normalized spacial score (nSPS) is 22.6. The maximum absolute atomic E-state index is 10.8. The molecule has 2 N–H and O–H groups in total. The minimum absolute atomic E-state index is 0.00416. The summed E-state index contributed by atoms with van der Waals surface area (Å²) >= 11 is 0. The van der Waals surface area contributed by atoms with Crippen molar-refractivity contribution in [2.75, 3.05) is 11.9 Å². The quantitative estimate of drug-likeness (QED) is 0.649. The Kier molecular flexibility index (Phi) is 4.57. The van der Waals surface area contributed by atoms with E-state index in [1.54, 1.807) is 6.07 Å². The number of rotatable bonds is 4.